The second-order valence-corrected chi connectivity index (χ2v) is 4.09. The third-order valence-corrected chi connectivity index (χ3v) is 2.42. The normalized spacial score (nSPS) is 11.7. The number of carboxylic acids is 1. The molecule has 0 aliphatic carbocycles. The minimum Gasteiger partial charge on any atom is -0.484 e. The monoisotopic (exact) mass is 267 g/mol. The van der Waals surface area contributed by atoms with Gasteiger partial charge < -0.3 is 20.3 Å². The Morgan fingerprint density at radius 2 is 1.95 bits per heavy atom. The van der Waals surface area contributed by atoms with Crippen molar-refractivity contribution in [3.8, 4) is 5.75 Å². The molecule has 3 N–H and O–H groups in total. The highest BCUT2D eigenvalue weighted by molar-refractivity contribution is 5.77. The Balaban J connectivity index is 2.21. The molecule has 0 fully saturated rings. The maximum atomic E-state index is 11.4. The second kappa shape index (κ2) is 7.38. The summed E-state index contributed by atoms with van der Waals surface area (Å²) in [7, 11) is 0. The van der Waals surface area contributed by atoms with E-state index < -0.39 is 12.1 Å². The highest BCUT2D eigenvalue weighted by atomic mass is 16.5. The topological polar surface area (TPSA) is 95.9 Å². The molecule has 1 atom stereocenters. The summed E-state index contributed by atoms with van der Waals surface area (Å²) in [6, 6.07) is 7.26. The number of hydrogen-bond acceptors (Lipinski definition) is 4. The minimum absolute atomic E-state index is 0.0361. The zero-order valence-electron chi connectivity index (χ0n) is 10.6. The van der Waals surface area contributed by atoms with Gasteiger partial charge in [0.1, 0.15) is 5.75 Å². The van der Waals surface area contributed by atoms with Crippen LogP contribution in [0.5, 0.6) is 5.75 Å². The van der Waals surface area contributed by atoms with Crippen LogP contribution in [0.25, 0.3) is 0 Å². The van der Waals surface area contributed by atoms with Gasteiger partial charge in [-0.15, -0.1) is 0 Å². The van der Waals surface area contributed by atoms with E-state index in [2.05, 4.69) is 5.32 Å². The van der Waals surface area contributed by atoms with Crippen molar-refractivity contribution in [1.82, 2.24) is 5.32 Å². The summed E-state index contributed by atoms with van der Waals surface area (Å²) in [6.07, 6.45) is -1.50. The first-order valence-electron chi connectivity index (χ1n) is 5.86. The summed E-state index contributed by atoms with van der Waals surface area (Å²) in [5, 5.41) is 19.9. The van der Waals surface area contributed by atoms with Crippen molar-refractivity contribution in [3.63, 3.8) is 0 Å². The number of aliphatic carboxylic acids is 1. The van der Waals surface area contributed by atoms with E-state index in [0.29, 0.717) is 5.75 Å². The number of carbonyl (C=O) groups excluding carboxylic acids is 1. The second-order valence-electron chi connectivity index (χ2n) is 4.09. The Morgan fingerprint density at radius 1 is 1.32 bits per heavy atom. The van der Waals surface area contributed by atoms with Crippen LogP contribution in [0.4, 0.5) is 0 Å². The summed E-state index contributed by atoms with van der Waals surface area (Å²) >= 11 is 0. The lowest BCUT2D eigenvalue weighted by molar-refractivity contribution is -0.147. The summed E-state index contributed by atoms with van der Waals surface area (Å²) in [4.78, 5) is 21.7. The number of ether oxygens (including phenoxy) is 1. The van der Waals surface area contributed by atoms with Gasteiger partial charge in [-0.25, -0.2) is 4.79 Å². The van der Waals surface area contributed by atoms with Crippen molar-refractivity contribution in [2.75, 3.05) is 13.2 Å². The van der Waals surface area contributed by atoms with Crippen molar-refractivity contribution < 1.29 is 24.5 Å². The van der Waals surface area contributed by atoms with E-state index in [1.54, 1.807) is 12.1 Å². The molecule has 6 heteroatoms. The number of aliphatic hydroxyl groups is 1. The number of carboxylic acid groups (broad SMARTS) is 1. The van der Waals surface area contributed by atoms with Gasteiger partial charge >= 0.3 is 5.97 Å². The van der Waals surface area contributed by atoms with Crippen LogP contribution in [0.1, 0.15) is 12.0 Å². The van der Waals surface area contributed by atoms with E-state index in [9.17, 15) is 9.59 Å². The van der Waals surface area contributed by atoms with Crippen molar-refractivity contribution in [3.05, 3.63) is 29.8 Å². The molecular formula is C13H17NO5. The molecule has 1 aromatic carbocycles. The molecule has 0 saturated heterocycles. The van der Waals surface area contributed by atoms with Crippen molar-refractivity contribution in [2.24, 2.45) is 0 Å². The van der Waals surface area contributed by atoms with E-state index in [4.69, 9.17) is 14.9 Å². The molecule has 0 bridgehead atoms. The Hall–Kier alpha value is -2.08. The zero-order chi connectivity index (χ0) is 14.3. The summed E-state index contributed by atoms with van der Waals surface area (Å²) < 4.78 is 5.24. The number of aryl methyl sites for hydroxylation is 1. The molecule has 1 aromatic rings. The summed E-state index contributed by atoms with van der Waals surface area (Å²) in [6.45, 7) is 1.89. The SMILES string of the molecule is Cc1ccc(OCC(=O)NCC[C@H](O)C(=O)O)cc1. The first kappa shape index (κ1) is 15.0. The molecule has 0 aromatic heterocycles. The van der Waals surface area contributed by atoms with Crippen molar-refractivity contribution in [1.29, 1.82) is 0 Å². The fraction of sp³-hybridized carbons (Fsp3) is 0.385. The van der Waals surface area contributed by atoms with Crippen LogP contribution in [0.3, 0.4) is 0 Å². The standard InChI is InChI=1S/C13H17NO5/c1-9-2-4-10(5-3-9)19-8-12(16)14-7-6-11(15)13(17)18/h2-5,11,15H,6-8H2,1H3,(H,14,16)(H,17,18)/t11-/m0/s1. The van der Waals surface area contributed by atoms with Crippen LogP contribution in [-0.2, 0) is 9.59 Å². The molecule has 0 aliphatic rings. The Morgan fingerprint density at radius 3 is 2.53 bits per heavy atom. The van der Waals surface area contributed by atoms with Gasteiger partial charge in [0.05, 0.1) is 0 Å². The number of carbonyl (C=O) groups is 2. The first-order chi connectivity index (χ1) is 8.99. The Bertz CT molecular complexity index is 429. The smallest absolute Gasteiger partial charge is 0.332 e. The number of amides is 1. The molecule has 104 valence electrons. The Kier molecular flexibility index (Phi) is 5.81. The van der Waals surface area contributed by atoms with E-state index in [-0.39, 0.29) is 25.5 Å². The fourth-order valence-corrected chi connectivity index (χ4v) is 1.31. The predicted molar refractivity (Wildman–Crippen MR) is 67.9 cm³/mol. The lowest BCUT2D eigenvalue weighted by atomic mass is 10.2. The maximum absolute atomic E-state index is 11.4. The van der Waals surface area contributed by atoms with E-state index >= 15 is 0 Å². The van der Waals surface area contributed by atoms with Gasteiger partial charge in [0, 0.05) is 13.0 Å². The number of rotatable bonds is 7. The lowest BCUT2D eigenvalue weighted by Crippen LogP contribution is -2.33. The van der Waals surface area contributed by atoms with Crippen LogP contribution in [0, 0.1) is 6.92 Å². The van der Waals surface area contributed by atoms with Crippen LogP contribution >= 0.6 is 0 Å². The van der Waals surface area contributed by atoms with Crippen molar-refractivity contribution in [2.45, 2.75) is 19.4 Å². The molecule has 0 heterocycles. The quantitative estimate of drug-likeness (QED) is 0.661. The number of hydrogen-bond donors (Lipinski definition) is 3. The van der Waals surface area contributed by atoms with Gasteiger partial charge in [-0.2, -0.15) is 0 Å². The van der Waals surface area contributed by atoms with E-state index in [1.165, 1.54) is 0 Å². The average Bonchev–Trinajstić information content (AvgIpc) is 2.37. The molecule has 1 rings (SSSR count). The van der Waals surface area contributed by atoms with Gasteiger partial charge in [-0.1, -0.05) is 17.7 Å². The van der Waals surface area contributed by atoms with Crippen molar-refractivity contribution >= 4 is 11.9 Å². The molecule has 6 nitrogen and oxygen atoms in total. The number of benzene rings is 1. The molecule has 19 heavy (non-hydrogen) atoms. The lowest BCUT2D eigenvalue weighted by Gasteiger charge is -2.08. The molecule has 0 spiro atoms. The average molecular weight is 267 g/mol. The minimum atomic E-state index is -1.46. The largest absolute Gasteiger partial charge is 0.484 e. The van der Waals surface area contributed by atoms with Crippen LogP contribution < -0.4 is 10.1 Å². The fourth-order valence-electron chi connectivity index (χ4n) is 1.31. The molecule has 0 unspecified atom stereocenters. The van der Waals surface area contributed by atoms with Crippen LogP contribution in [-0.4, -0.2) is 41.3 Å². The van der Waals surface area contributed by atoms with E-state index in [1.807, 2.05) is 19.1 Å². The molecule has 1 amide bonds. The highest BCUT2D eigenvalue weighted by Crippen LogP contribution is 2.10. The highest BCUT2D eigenvalue weighted by Gasteiger charge is 2.12. The zero-order valence-corrected chi connectivity index (χ0v) is 10.6. The van der Waals surface area contributed by atoms with Gasteiger partial charge in [-0.05, 0) is 19.1 Å². The van der Waals surface area contributed by atoms with Gasteiger partial charge in [0.25, 0.3) is 5.91 Å². The molecule has 0 aliphatic heterocycles. The van der Waals surface area contributed by atoms with Crippen LogP contribution in [0.15, 0.2) is 24.3 Å². The number of nitrogens with one attached hydrogen (secondary N) is 1. The molecule has 0 saturated carbocycles. The first-order valence-corrected chi connectivity index (χ1v) is 5.86. The van der Waals surface area contributed by atoms with Crippen LogP contribution in [0.2, 0.25) is 0 Å². The predicted octanol–water partition coefficient (Wildman–Crippen LogP) is 0.326. The number of aliphatic hydroxyl groups excluding tert-OH is 1. The van der Waals surface area contributed by atoms with Gasteiger partial charge in [-0.3, -0.25) is 4.79 Å². The third-order valence-electron chi connectivity index (χ3n) is 2.42. The van der Waals surface area contributed by atoms with Gasteiger partial charge in [0.15, 0.2) is 12.7 Å². The summed E-state index contributed by atoms with van der Waals surface area (Å²) in [5.41, 5.74) is 1.10. The molecule has 0 radical (unpaired) electrons. The molecular weight excluding hydrogens is 250 g/mol. The van der Waals surface area contributed by atoms with E-state index in [0.717, 1.165) is 5.56 Å². The Labute approximate surface area is 111 Å². The summed E-state index contributed by atoms with van der Waals surface area (Å²) in [5.74, 6) is -1.07. The third kappa shape index (κ3) is 5.87. The van der Waals surface area contributed by atoms with Gasteiger partial charge in [0.2, 0.25) is 0 Å². The maximum Gasteiger partial charge on any atom is 0.332 e.